The van der Waals surface area contributed by atoms with Crippen molar-refractivity contribution in [2.45, 2.75) is 31.4 Å². The van der Waals surface area contributed by atoms with Crippen LogP contribution in [0.3, 0.4) is 0 Å². The molecule has 1 saturated heterocycles. The predicted octanol–water partition coefficient (Wildman–Crippen LogP) is 3.54. The molecule has 0 N–H and O–H groups in total. The van der Waals surface area contributed by atoms with E-state index in [0.717, 1.165) is 31.4 Å². The standard InChI is InChI=1S/C19H18F3N5O/c20-19(21,22)15-3-5-24-16(7-15)27-6-4-12(10-27)11-28-18-14(8-23)9-25-17(26-18)13-1-2-13/h3,5,7,9,12-13H,1-2,4,6,10-11H2/t12-/m0/s1. The number of nitriles is 1. The van der Waals surface area contributed by atoms with Gasteiger partial charge in [0.05, 0.1) is 18.4 Å². The molecular formula is C19H18F3N5O. The summed E-state index contributed by atoms with van der Waals surface area (Å²) in [5, 5.41) is 9.22. The fourth-order valence-electron chi connectivity index (χ4n) is 3.25. The van der Waals surface area contributed by atoms with Gasteiger partial charge >= 0.3 is 6.18 Å². The van der Waals surface area contributed by atoms with E-state index in [2.05, 4.69) is 15.0 Å². The van der Waals surface area contributed by atoms with Gasteiger partial charge in [-0.25, -0.2) is 9.97 Å². The first-order valence-electron chi connectivity index (χ1n) is 9.12. The van der Waals surface area contributed by atoms with E-state index >= 15 is 0 Å². The van der Waals surface area contributed by atoms with E-state index in [4.69, 9.17) is 4.74 Å². The third-order valence-corrected chi connectivity index (χ3v) is 4.97. The van der Waals surface area contributed by atoms with Crippen LogP contribution in [0.2, 0.25) is 0 Å². The monoisotopic (exact) mass is 389 g/mol. The van der Waals surface area contributed by atoms with E-state index in [1.807, 2.05) is 11.0 Å². The van der Waals surface area contributed by atoms with Crippen LogP contribution in [-0.4, -0.2) is 34.6 Å². The Morgan fingerprint density at radius 2 is 2.07 bits per heavy atom. The minimum atomic E-state index is -4.39. The maximum absolute atomic E-state index is 12.9. The van der Waals surface area contributed by atoms with Crippen molar-refractivity contribution in [3.8, 4) is 11.9 Å². The molecule has 146 valence electrons. The highest BCUT2D eigenvalue weighted by Crippen LogP contribution is 2.38. The van der Waals surface area contributed by atoms with Gasteiger partial charge in [0.2, 0.25) is 5.88 Å². The molecule has 2 fully saturated rings. The first kappa shape index (κ1) is 18.5. The van der Waals surface area contributed by atoms with Gasteiger partial charge in [-0.1, -0.05) is 0 Å². The largest absolute Gasteiger partial charge is 0.476 e. The van der Waals surface area contributed by atoms with Crippen molar-refractivity contribution in [2.75, 3.05) is 24.6 Å². The van der Waals surface area contributed by atoms with Gasteiger partial charge in [-0.05, 0) is 31.4 Å². The zero-order valence-corrected chi connectivity index (χ0v) is 15.0. The highest BCUT2D eigenvalue weighted by atomic mass is 19.4. The molecular weight excluding hydrogens is 371 g/mol. The molecule has 1 saturated carbocycles. The van der Waals surface area contributed by atoms with Crippen LogP contribution in [0.15, 0.2) is 24.5 Å². The Labute approximate surface area is 160 Å². The fraction of sp³-hybridized carbons (Fsp3) is 0.474. The molecule has 1 aliphatic carbocycles. The first-order chi connectivity index (χ1) is 13.4. The molecule has 1 atom stereocenters. The molecule has 9 heteroatoms. The van der Waals surface area contributed by atoms with Crippen LogP contribution in [0.25, 0.3) is 0 Å². The van der Waals surface area contributed by atoms with Crippen molar-refractivity contribution in [1.29, 1.82) is 5.26 Å². The van der Waals surface area contributed by atoms with E-state index in [1.54, 1.807) is 0 Å². The van der Waals surface area contributed by atoms with Gasteiger partial charge in [0.25, 0.3) is 0 Å². The highest BCUT2D eigenvalue weighted by Gasteiger charge is 2.32. The second-order valence-corrected chi connectivity index (χ2v) is 7.15. The molecule has 6 nitrogen and oxygen atoms in total. The maximum atomic E-state index is 12.9. The lowest BCUT2D eigenvalue weighted by atomic mass is 10.1. The van der Waals surface area contributed by atoms with Crippen molar-refractivity contribution in [2.24, 2.45) is 5.92 Å². The van der Waals surface area contributed by atoms with Crippen LogP contribution in [0.4, 0.5) is 19.0 Å². The average molecular weight is 389 g/mol. The Balaban J connectivity index is 1.39. The maximum Gasteiger partial charge on any atom is 0.416 e. The molecule has 2 aromatic rings. The summed E-state index contributed by atoms with van der Waals surface area (Å²) in [6, 6.07) is 4.08. The molecule has 3 heterocycles. The minimum Gasteiger partial charge on any atom is -0.476 e. The number of halogens is 3. The van der Waals surface area contributed by atoms with Gasteiger partial charge in [0.1, 0.15) is 23.3 Å². The quantitative estimate of drug-likeness (QED) is 0.779. The number of nitrogens with zero attached hydrogens (tertiary/aromatic N) is 5. The van der Waals surface area contributed by atoms with E-state index in [9.17, 15) is 18.4 Å². The number of alkyl halides is 3. The first-order valence-corrected chi connectivity index (χ1v) is 9.12. The normalized spacial score (nSPS) is 19.5. The molecule has 1 aliphatic heterocycles. The van der Waals surface area contributed by atoms with Gasteiger partial charge in [0, 0.05) is 31.1 Å². The van der Waals surface area contributed by atoms with E-state index in [0.29, 0.717) is 42.8 Å². The summed E-state index contributed by atoms with van der Waals surface area (Å²) in [5.41, 5.74) is -0.414. The molecule has 2 aliphatic rings. The smallest absolute Gasteiger partial charge is 0.416 e. The van der Waals surface area contributed by atoms with Crippen LogP contribution in [0, 0.1) is 17.2 Å². The Kier molecular flexibility index (Phi) is 4.79. The molecule has 0 radical (unpaired) electrons. The summed E-state index contributed by atoms with van der Waals surface area (Å²) < 4.78 is 44.5. The van der Waals surface area contributed by atoms with Crippen molar-refractivity contribution in [3.63, 3.8) is 0 Å². The molecule has 0 bridgehead atoms. The topological polar surface area (TPSA) is 74.9 Å². The number of anilines is 1. The zero-order valence-electron chi connectivity index (χ0n) is 15.0. The number of hydrogen-bond donors (Lipinski definition) is 0. The second-order valence-electron chi connectivity index (χ2n) is 7.15. The molecule has 4 rings (SSSR count). The fourth-order valence-corrected chi connectivity index (χ4v) is 3.25. The molecule has 0 aromatic carbocycles. The molecule has 28 heavy (non-hydrogen) atoms. The van der Waals surface area contributed by atoms with Crippen molar-refractivity contribution >= 4 is 5.82 Å². The van der Waals surface area contributed by atoms with Crippen LogP contribution in [0.1, 0.15) is 42.1 Å². The summed E-state index contributed by atoms with van der Waals surface area (Å²) >= 11 is 0. The Morgan fingerprint density at radius 1 is 1.25 bits per heavy atom. The summed E-state index contributed by atoms with van der Waals surface area (Å²) in [5.74, 6) is 1.77. The summed E-state index contributed by atoms with van der Waals surface area (Å²) in [7, 11) is 0. The Morgan fingerprint density at radius 3 is 2.79 bits per heavy atom. The third kappa shape index (κ3) is 4.01. The molecule has 0 spiro atoms. The summed E-state index contributed by atoms with van der Waals surface area (Å²) in [6.07, 6.45) is 1.14. The van der Waals surface area contributed by atoms with Crippen LogP contribution >= 0.6 is 0 Å². The lowest BCUT2D eigenvalue weighted by Crippen LogP contribution is -2.23. The third-order valence-electron chi connectivity index (χ3n) is 4.97. The summed E-state index contributed by atoms with van der Waals surface area (Å²) in [6.45, 7) is 1.48. The number of ether oxygens (including phenoxy) is 1. The van der Waals surface area contributed by atoms with Gasteiger partial charge < -0.3 is 9.64 Å². The number of pyridine rings is 1. The van der Waals surface area contributed by atoms with Crippen molar-refractivity contribution in [3.05, 3.63) is 41.5 Å². The van der Waals surface area contributed by atoms with E-state index in [1.165, 1.54) is 12.4 Å². The lowest BCUT2D eigenvalue weighted by molar-refractivity contribution is -0.137. The average Bonchev–Trinajstić information content (AvgIpc) is 3.43. The molecule has 2 aromatic heterocycles. The Hall–Kier alpha value is -2.89. The predicted molar refractivity (Wildman–Crippen MR) is 93.8 cm³/mol. The zero-order chi connectivity index (χ0) is 19.7. The highest BCUT2D eigenvalue weighted by molar-refractivity contribution is 5.43. The van der Waals surface area contributed by atoms with Crippen LogP contribution in [0.5, 0.6) is 5.88 Å². The van der Waals surface area contributed by atoms with Crippen LogP contribution in [-0.2, 0) is 6.18 Å². The van der Waals surface area contributed by atoms with Crippen molar-refractivity contribution < 1.29 is 17.9 Å². The lowest BCUT2D eigenvalue weighted by Gasteiger charge is -2.19. The number of aromatic nitrogens is 3. The van der Waals surface area contributed by atoms with E-state index < -0.39 is 11.7 Å². The van der Waals surface area contributed by atoms with E-state index in [-0.39, 0.29) is 11.8 Å². The number of hydrogen-bond acceptors (Lipinski definition) is 6. The minimum absolute atomic E-state index is 0.113. The van der Waals surface area contributed by atoms with Gasteiger partial charge in [-0.3, -0.25) is 0 Å². The molecule has 0 amide bonds. The van der Waals surface area contributed by atoms with Gasteiger partial charge in [0.15, 0.2) is 0 Å². The second kappa shape index (κ2) is 7.26. The Bertz CT molecular complexity index is 907. The van der Waals surface area contributed by atoms with Crippen LogP contribution < -0.4 is 9.64 Å². The number of rotatable bonds is 5. The van der Waals surface area contributed by atoms with Crippen molar-refractivity contribution in [1.82, 2.24) is 15.0 Å². The summed E-state index contributed by atoms with van der Waals surface area (Å²) in [4.78, 5) is 14.5. The SMILES string of the molecule is N#Cc1cnc(C2CC2)nc1OC[C@H]1CCN(c2cc(C(F)(F)F)ccn2)C1. The molecule has 0 unspecified atom stereocenters. The van der Waals surface area contributed by atoms with Gasteiger partial charge in [-0.2, -0.15) is 23.4 Å². The van der Waals surface area contributed by atoms with Gasteiger partial charge in [-0.15, -0.1) is 0 Å².